The number of carbonyl (C=O) groups excluding carboxylic acids is 1. The summed E-state index contributed by atoms with van der Waals surface area (Å²) in [6, 6.07) is 0.252. The number of nitrogens with one attached hydrogen (secondary N) is 1. The molecule has 1 aromatic heterocycles. The number of aliphatic imine (C=N–C) groups is 2. The molecule has 2 N–H and O–H groups in total. The number of piperidine rings is 1. The van der Waals surface area contributed by atoms with Crippen molar-refractivity contribution < 1.29 is 9.90 Å². The maximum Gasteiger partial charge on any atom is 0.254 e. The SMILES string of the molecule is C=N/C(=N\CC)Nc1cnn(C2CCN(C(=O)C3(O)CC3)CC2)c1. The normalized spacial score (nSPS) is 20.8. The summed E-state index contributed by atoms with van der Waals surface area (Å²) in [6.07, 6.45) is 6.52. The number of amides is 1. The smallest absolute Gasteiger partial charge is 0.254 e. The average Bonchev–Trinajstić information content (AvgIpc) is 3.18. The molecule has 8 nitrogen and oxygen atoms in total. The number of guanidine groups is 1. The van der Waals surface area contributed by atoms with Crippen molar-refractivity contribution in [3.8, 4) is 0 Å². The van der Waals surface area contributed by atoms with Crippen LogP contribution in [0.25, 0.3) is 0 Å². The molecule has 0 aromatic carbocycles. The van der Waals surface area contributed by atoms with Crippen LogP contribution in [0, 0.1) is 0 Å². The molecular formula is C16H24N6O2. The summed E-state index contributed by atoms with van der Waals surface area (Å²) in [5, 5.41) is 17.4. The van der Waals surface area contributed by atoms with E-state index in [9.17, 15) is 9.90 Å². The van der Waals surface area contributed by atoms with E-state index in [4.69, 9.17) is 0 Å². The number of carbonyl (C=O) groups is 1. The van der Waals surface area contributed by atoms with Gasteiger partial charge < -0.3 is 15.3 Å². The lowest BCUT2D eigenvalue weighted by molar-refractivity contribution is -0.143. The summed E-state index contributed by atoms with van der Waals surface area (Å²) in [7, 11) is 0. The number of hydrogen-bond acceptors (Lipinski definition) is 4. The van der Waals surface area contributed by atoms with Crippen LogP contribution in [0.2, 0.25) is 0 Å². The molecule has 8 heteroatoms. The number of anilines is 1. The third-order valence-corrected chi connectivity index (χ3v) is 4.56. The number of aromatic nitrogens is 2. The second-order valence-electron chi connectivity index (χ2n) is 6.35. The van der Waals surface area contributed by atoms with E-state index in [0.29, 0.717) is 38.4 Å². The van der Waals surface area contributed by atoms with Crippen molar-refractivity contribution in [2.24, 2.45) is 9.98 Å². The standard InChI is InChI=1S/C16H24N6O2/c1-3-18-15(17-2)20-12-10-19-22(11-12)13-4-8-21(9-5-13)14(23)16(24)6-7-16/h10-11,13,24H,2-9H2,1H3,(H,18,20). The van der Waals surface area contributed by atoms with Gasteiger partial charge in [-0.3, -0.25) is 14.5 Å². The van der Waals surface area contributed by atoms with E-state index in [1.54, 1.807) is 11.1 Å². The second kappa shape index (κ2) is 6.72. The van der Waals surface area contributed by atoms with Gasteiger partial charge in [0.1, 0.15) is 5.60 Å². The molecule has 3 rings (SSSR count). The number of aliphatic hydroxyl groups is 1. The summed E-state index contributed by atoms with van der Waals surface area (Å²) >= 11 is 0. The second-order valence-corrected chi connectivity index (χ2v) is 6.35. The van der Waals surface area contributed by atoms with Crippen LogP contribution in [0.4, 0.5) is 5.69 Å². The van der Waals surface area contributed by atoms with Crippen LogP contribution in [0.5, 0.6) is 0 Å². The van der Waals surface area contributed by atoms with Crippen molar-refractivity contribution in [3.05, 3.63) is 12.4 Å². The van der Waals surface area contributed by atoms with Crippen molar-refractivity contribution in [2.75, 3.05) is 25.0 Å². The number of rotatable bonds is 4. The first kappa shape index (κ1) is 16.6. The van der Waals surface area contributed by atoms with Crippen LogP contribution >= 0.6 is 0 Å². The molecule has 24 heavy (non-hydrogen) atoms. The molecule has 0 atom stereocenters. The van der Waals surface area contributed by atoms with Gasteiger partial charge in [-0.05, 0) is 39.3 Å². The summed E-state index contributed by atoms with van der Waals surface area (Å²) in [6.45, 7) is 7.38. The van der Waals surface area contributed by atoms with Crippen LogP contribution in [0.15, 0.2) is 22.4 Å². The van der Waals surface area contributed by atoms with Crippen LogP contribution in [0.1, 0.15) is 38.6 Å². The Bertz CT molecular complexity index is 641. The van der Waals surface area contributed by atoms with Crippen LogP contribution in [0.3, 0.4) is 0 Å². The number of likely N-dealkylation sites (tertiary alicyclic amines) is 1. The quantitative estimate of drug-likeness (QED) is 0.637. The van der Waals surface area contributed by atoms with E-state index in [1.807, 2.05) is 17.8 Å². The minimum absolute atomic E-state index is 0.110. The van der Waals surface area contributed by atoms with Gasteiger partial charge in [0.15, 0.2) is 0 Å². The number of hydrogen-bond donors (Lipinski definition) is 2. The van der Waals surface area contributed by atoms with Gasteiger partial charge in [0.25, 0.3) is 5.91 Å². The first-order valence-electron chi connectivity index (χ1n) is 8.40. The third-order valence-electron chi connectivity index (χ3n) is 4.56. The van der Waals surface area contributed by atoms with Crippen molar-refractivity contribution in [2.45, 2.75) is 44.2 Å². The fourth-order valence-corrected chi connectivity index (χ4v) is 2.97. The zero-order chi connectivity index (χ0) is 17.2. The molecule has 0 bridgehead atoms. The largest absolute Gasteiger partial charge is 0.380 e. The van der Waals surface area contributed by atoms with Gasteiger partial charge in [0.2, 0.25) is 5.96 Å². The molecule has 1 aromatic rings. The maximum atomic E-state index is 12.2. The molecule has 0 unspecified atom stereocenters. The van der Waals surface area contributed by atoms with Gasteiger partial charge in [-0.15, -0.1) is 0 Å². The Labute approximate surface area is 141 Å². The van der Waals surface area contributed by atoms with E-state index < -0.39 is 5.60 Å². The molecule has 1 aliphatic carbocycles. The topological polar surface area (TPSA) is 95.1 Å². The predicted molar refractivity (Wildman–Crippen MR) is 92.4 cm³/mol. The Morgan fingerprint density at radius 3 is 2.79 bits per heavy atom. The molecular weight excluding hydrogens is 308 g/mol. The maximum absolute atomic E-state index is 12.2. The van der Waals surface area contributed by atoms with Crippen molar-refractivity contribution in [3.63, 3.8) is 0 Å². The van der Waals surface area contributed by atoms with Gasteiger partial charge in [-0.25, -0.2) is 4.99 Å². The van der Waals surface area contributed by atoms with Crippen molar-refractivity contribution in [1.82, 2.24) is 14.7 Å². The minimum Gasteiger partial charge on any atom is -0.380 e. The highest BCUT2D eigenvalue weighted by Crippen LogP contribution is 2.38. The summed E-state index contributed by atoms with van der Waals surface area (Å²) < 4.78 is 1.92. The van der Waals surface area contributed by atoms with Crippen LogP contribution in [-0.2, 0) is 4.79 Å². The van der Waals surface area contributed by atoms with E-state index >= 15 is 0 Å². The van der Waals surface area contributed by atoms with E-state index in [0.717, 1.165) is 18.5 Å². The zero-order valence-corrected chi connectivity index (χ0v) is 14.0. The lowest BCUT2D eigenvalue weighted by Gasteiger charge is -2.33. The monoisotopic (exact) mass is 332 g/mol. The molecule has 1 saturated heterocycles. The first-order chi connectivity index (χ1) is 11.6. The van der Waals surface area contributed by atoms with Crippen LogP contribution in [-0.4, -0.2) is 63.6 Å². The Morgan fingerprint density at radius 1 is 1.50 bits per heavy atom. The minimum atomic E-state index is -1.07. The molecule has 130 valence electrons. The molecule has 1 amide bonds. The zero-order valence-electron chi connectivity index (χ0n) is 14.0. The molecule has 0 spiro atoms. The van der Waals surface area contributed by atoms with Gasteiger partial charge >= 0.3 is 0 Å². The molecule has 2 aliphatic rings. The first-order valence-corrected chi connectivity index (χ1v) is 8.40. The highest BCUT2D eigenvalue weighted by atomic mass is 16.3. The van der Waals surface area contributed by atoms with Crippen LogP contribution < -0.4 is 5.32 Å². The van der Waals surface area contributed by atoms with E-state index in [2.05, 4.69) is 27.1 Å². The number of nitrogens with zero attached hydrogens (tertiary/aromatic N) is 5. The molecule has 1 aliphatic heterocycles. The van der Waals surface area contributed by atoms with E-state index in [-0.39, 0.29) is 11.9 Å². The average molecular weight is 332 g/mol. The summed E-state index contributed by atoms with van der Waals surface area (Å²) in [5.74, 6) is 0.372. The van der Waals surface area contributed by atoms with Gasteiger partial charge in [0, 0.05) is 25.8 Å². The van der Waals surface area contributed by atoms with Crippen molar-refractivity contribution >= 4 is 24.3 Å². The molecule has 2 fully saturated rings. The predicted octanol–water partition coefficient (Wildman–Crippen LogP) is 1.06. The highest BCUT2D eigenvalue weighted by molar-refractivity contribution is 5.96. The molecule has 2 heterocycles. The van der Waals surface area contributed by atoms with Gasteiger partial charge in [0.05, 0.1) is 17.9 Å². The fraction of sp³-hybridized carbons (Fsp3) is 0.625. The third kappa shape index (κ3) is 3.48. The lowest BCUT2D eigenvalue weighted by atomic mass is 10.0. The van der Waals surface area contributed by atoms with Crippen molar-refractivity contribution in [1.29, 1.82) is 0 Å². The Balaban J connectivity index is 1.56. The summed E-state index contributed by atoms with van der Waals surface area (Å²) in [5.41, 5.74) is -0.247. The van der Waals surface area contributed by atoms with Gasteiger partial charge in [-0.2, -0.15) is 5.10 Å². The molecule has 1 saturated carbocycles. The Kier molecular flexibility index (Phi) is 4.66. The van der Waals surface area contributed by atoms with E-state index in [1.165, 1.54) is 0 Å². The Morgan fingerprint density at radius 2 is 2.21 bits per heavy atom. The highest BCUT2D eigenvalue weighted by Gasteiger charge is 2.50. The Hall–Kier alpha value is -2.22. The lowest BCUT2D eigenvalue weighted by Crippen LogP contribution is -2.45. The van der Waals surface area contributed by atoms with Gasteiger partial charge in [-0.1, -0.05) is 0 Å². The summed E-state index contributed by atoms with van der Waals surface area (Å²) in [4.78, 5) is 22.0. The fourth-order valence-electron chi connectivity index (χ4n) is 2.97. The molecule has 0 radical (unpaired) electrons.